The number of nitrogens with one attached hydrogen (secondary N) is 1. The van der Waals surface area contributed by atoms with Gasteiger partial charge in [0.1, 0.15) is 5.76 Å². The van der Waals surface area contributed by atoms with Gasteiger partial charge in [0, 0.05) is 18.7 Å². The van der Waals surface area contributed by atoms with Crippen molar-refractivity contribution in [3.05, 3.63) is 51.9 Å². The molecular formula is C16H22N2O. The summed E-state index contributed by atoms with van der Waals surface area (Å²) in [5, 5.41) is 7.51. The van der Waals surface area contributed by atoms with Gasteiger partial charge < -0.3 is 9.84 Å². The largest absolute Gasteiger partial charge is 0.361 e. The quantitative estimate of drug-likeness (QED) is 0.907. The Balaban J connectivity index is 2.10. The summed E-state index contributed by atoms with van der Waals surface area (Å²) in [7, 11) is 0. The van der Waals surface area contributed by atoms with Crippen LogP contribution < -0.4 is 5.32 Å². The Kier molecular flexibility index (Phi) is 4.05. The number of aromatic nitrogens is 1. The van der Waals surface area contributed by atoms with E-state index in [0.717, 1.165) is 18.0 Å². The minimum absolute atomic E-state index is 0.303. The highest BCUT2D eigenvalue weighted by Gasteiger charge is 2.12. The summed E-state index contributed by atoms with van der Waals surface area (Å²) < 4.78 is 5.08. The molecule has 1 heterocycles. The van der Waals surface area contributed by atoms with Gasteiger partial charge in [-0.3, -0.25) is 0 Å². The molecule has 1 aromatic carbocycles. The van der Waals surface area contributed by atoms with E-state index < -0.39 is 0 Å². The van der Waals surface area contributed by atoms with Gasteiger partial charge in [-0.25, -0.2) is 0 Å². The van der Waals surface area contributed by atoms with Gasteiger partial charge in [-0.1, -0.05) is 22.9 Å². The molecule has 0 aliphatic heterocycles. The highest BCUT2D eigenvalue weighted by Crippen LogP contribution is 2.23. The van der Waals surface area contributed by atoms with Crippen molar-refractivity contribution in [2.75, 3.05) is 0 Å². The fraction of sp³-hybridized carbons (Fsp3) is 0.438. The van der Waals surface area contributed by atoms with Crippen molar-refractivity contribution >= 4 is 0 Å². The average Bonchev–Trinajstić information content (AvgIpc) is 2.71. The maximum absolute atomic E-state index is 5.08. The second-order valence-electron chi connectivity index (χ2n) is 5.34. The second kappa shape index (κ2) is 5.57. The topological polar surface area (TPSA) is 38.1 Å². The SMILES string of the molecule is Cc1cc(C)c(C(C)NCc2cc(C)on2)c(C)c1. The summed E-state index contributed by atoms with van der Waals surface area (Å²) in [6.45, 7) is 11.3. The van der Waals surface area contributed by atoms with Gasteiger partial charge in [0.15, 0.2) is 0 Å². The van der Waals surface area contributed by atoms with Crippen LogP contribution in [0.25, 0.3) is 0 Å². The van der Waals surface area contributed by atoms with E-state index in [1.54, 1.807) is 0 Å². The van der Waals surface area contributed by atoms with Crippen LogP contribution in [-0.2, 0) is 6.54 Å². The van der Waals surface area contributed by atoms with Gasteiger partial charge in [0.2, 0.25) is 0 Å². The lowest BCUT2D eigenvalue weighted by Gasteiger charge is -2.19. The Morgan fingerprint density at radius 3 is 2.26 bits per heavy atom. The first-order chi connectivity index (χ1) is 8.97. The van der Waals surface area contributed by atoms with Gasteiger partial charge in [-0.15, -0.1) is 0 Å². The van der Waals surface area contributed by atoms with Crippen LogP contribution in [0.4, 0.5) is 0 Å². The minimum Gasteiger partial charge on any atom is -0.361 e. The van der Waals surface area contributed by atoms with Crippen molar-refractivity contribution in [1.82, 2.24) is 10.5 Å². The molecule has 0 amide bonds. The van der Waals surface area contributed by atoms with Crippen LogP contribution in [0.1, 0.15) is 46.7 Å². The Bertz CT molecular complexity index is 549. The Morgan fingerprint density at radius 2 is 1.74 bits per heavy atom. The maximum Gasteiger partial charge on any atom is 0.133 e. The van der Waals surface area contributed by atoms with Crippen LogP contribution in [0.3, 0.4) is 0 Å². The van der Waals surface area contributed by atoms with Gasteiger partial charge in [0.05, 0.1) is 5.69 Å². The van der Waals surface area contributed by atoms with E-state index >= 15 is 0 Å². The predicted octanol–water partition coefficient (Wildman–Crippen LogP) is 3.76. The lowest BCUT2D eigenvalue weighted by Crippen LogP contribution is -2.20. The first kappa shape index (κ1) is 13.8. The highest BCUT2D eigenvalue weighted by molar-refractivity contribution is 5.39. The molecule has 0 fully saturated rings. The molecule has 0 aliphatic carbocycles. The summed E-state index contributed by atoms with van der Waals surface area (Å²) in [5.74, 6) is 0.854. The molecular weight excluding hydrogens is 236 g/mol. The molecule has 1 atom stereocenters. The number of nitrogens with zero attached hydrogens (tertiary/aromatic N) is 1. The normalized spacial score (nSPS) is 12.7. The van der Waals surface area contributed by atoms with Crippen molar-refractivity contribution in [3.8, 4) is 0 Å². The number of hydrogen-bond acceptors (Lipinski definition) is 3. The molecule has 3 nitrogen and oxygen atoms in total. The standard InChI is InChI=1S/C16H22N2O/c1-10-6-11(2)16(12(3)7-10)14(5)17-9-15-8-13(4)19-18-15/h6-8,14,17H,9H2,1-5H3. The monoisotopic (exact) mass is 258 g/mol. The van der Waals surface area contributed by atoms with E-state index in [1.807, 2.05) is 13.0 Å². The smallest absolute Gasteiger partial charge is 0.133 e. The number of rotatable bonds is 4. The molecule has 0 saturated heterocycles. The highest BCUT2D eigenvalue weighted by atomic mass is 16.5. The third kappa shape index (κ3) is 3.24. The maximum atomic E-state index is 5.08. The van der Waals surface area contributed by atoms with Crippen LogP contribution in [0.2, 0.25) is 0 Å². The van der Waals surface area contributed by atoms with Gasteiger partial charge in [-0.2, -0.15) is 0 Å². The van der Waals surface area contributed by atoms with E-state index in [9.17, 15) is 0 Å². The Morgan fingerprint density at radius 1 is 1.11 bits per heavy atom. The zero-order valence-electron chi connectivity index (χ0n) is 12.4. The van der Waals surface area contributed by atoms with Crippen molar-refractivity contribution in [2.45, 2.75) is 47.2 Å². The van der Waals surface area contributed by atoms with Crippen LogP contribution in [0.15, 0.2) is 22.7 Å². The van der Waals surface area contributed by atoms with E-state index in [4.69, 9.17) is 4.52 Å². The van der Waals surface area contributed by atoms with E-state index in [2.05, 4.69) is 50.3 Å². The molecule has 102 valence electrons. The molecule has 19 heavy (non-hydrogen) atoms. The molecule has 3 heteroatoms. The molecule has 2 rings (SSSR count). The summed E-state index contributed by atoms with van der Waals surface area (Å²) in [6, 6.07) is 6.74. The molecule has 0 saturated carbocycles. The predicted molar refractivity (Wildman–Crippen MR) is 77.1 cm³/mol. The summed E-state index contributed by atoms with van der Waals surface area (Å²) >= 11 is 0. The summed E-state index contributed by atoms with van der Waals surface area (Å²) in [4.78, 5) is 0. The van der Waals surface area contributed by atoms with E-state index in [1.165, 1.54) is 22.3 Å². The molecule has 1 aromatic heterocycles. The van der Waals surface area contributed by atoms with Crippen molar-refractivity contribution in [3.63, 3.8) is 0 Å². The van der Waals surface area contributed by atoms with E-state index in [0.29, 0.717) is 6.04 Å². The molecule has 2 aromatic rings. The first-order valence-electron chi connectivity index (χ1n) is 6.70. The fourth-order valence-electron chi connectivity index (χ4n) is 2.74. The number of benzene rings is 1. The molecule has 0 bridgehead atoms. The van der Waals surface area contributed by atoms with Crippen molar-refractivity contribution in [1.29, 1.82) is 0 Å². The average molecular weight is 258 g/mol. The number of aryl methyl sites for hydroxylation is 4. The fourth-order valence-corrected chi connectivity index (χ4v) is 2.74. The third-order valence-corrected chi connectivity index (χ3v) is 3.44. The minimum atomic E-state index is 0.303. The van der Waals surface area contributed by atoms with Crippen molar-refractivity contribution < 1.29 is 4.52 Å². The zero-order chi connectivity index (χ0) is 14.0. The zero-order valence-corrected chi connectivity index (χ0v) is 12.4. The van der Waals surface area contributed by atoms with Gasteiger partial charge in [-0.05, 0) is 51.3 Å². The molecule has 1 unspecified atom stereocenters. The van der Waals surface area contributed by atoms with Gasteiger partial charge >= 0.3 is 0 Å². The molecule has 0 radical (unpaired) electrons. The Labute approximate surface area is 115 Å². The third-order valence-electron chi connectivity index (χ3n) is 3.44. The molecule has 0 spiro atoms. The molecule has 1 N–H and O–H groups in total. The van der Waals surface area contributed by atoms with Crippen molar-refractivity contribution in [2.24, 2.45) is 0 Å². The van der Waals surface area contributed by atoms with Gasteiger partial charge in [0.25, 0.3) is 0 Å². The summed E-state index contributed by atoms with van der Waals surface area (Å²) in [6.07, 6.45) is 0. The summed E-state index contributed by atoms with van der Waals surface area (Å²) in [5.41, 5.74) is 6.33. The van der Waals surface area contributed by atoms with E-state index in [-0.39, 0.29) is 0 Å². The Hall–Kier alpha value is -1.61. The number of hydrogen-bond donors (Lipinski definition) is 1. The van der Waals surface area contributed by atoms with Crippen LogP contribution in [-0.4, -0.2) is 5.16 Å². The van der Waals surface area contributed by atoms with Crippen LogP contribution in [0, 0.1) is 27.7 Å². The molecule has 0 aliphatic rings. The second-order valence-corrected chi connectivity index (χ2v) is 5.34. The lowest BCUT2D eigenvalue weighted by molar-refractivity contribution is 0.386. The lowest BCUT2D eigenvalue weighted by atomic mass is 9.95. The first-order valence-corrected chi connectivity index (χ1v) is 6.70. The van der Waals surface area contributed by atoms with Crippen LogP contribution >= 0.6 is 0 Å². The van der Waals surface area contributed by atoms with Crippen LogP contribution in [0.5, 0.6) is 0 Å².